The average Bonchev–Trinajstić information content (AvgIpc) is 2.46. The zero-order valence-corrected chi connectivity index (χ0v) is 11.8. The van der Waals surface area contributed by atoms with Crippen molar-refractivity contribution in [3.05, 3.63) is 70.5 Å². The first-order chi connectivity index (χ1) is 9.69. The number of aliphatic hydroxyl groups excluding tert-OH is 1. The molecule has 106 valence electrons. The minimum Gasteiger partial charge on any atom is -0.395 e. The van der Waals surface area contributed by atoms with Gasteiger partial charge in [-0.15, -0.1) is 0 Å². The van der Waals surface area contributed by atoms with Gasteiger partial charge >= 0.3 is 0 Å². The van der Waals surface area contributed by atoms with E-state index < -0.39 is 0 Å². The van der Waals surface area contributed by atoms with Gasteiger partial charge in [-0.3, -0.25) is 0 Å². The van der Waals surface area contributed by atoms with E-state index in [4.69, 9.17) is 11.6 Å². The van der Waals surface area contributed by atoms with Crippen LogP contribution in [0.3, 0.4) is 0 Å². The predicted molar refractivity (Wildman–Crippen MR) is 79.3 cm³/mol. The zero-order valence-electron chi connectivity index (χ0n) is 11.0. The molecule has 1 unspecified atom stereocenters. The monoisotopic (exact) mass is 293 g/mol. The van der Waals surface area contributed by atoms with Gasteiger partial charge in [0.05, 0.1) is 6.61 Å². The second-order valence-corrected chi connectivity index (χ2v) is 5.09. The molecule has 0 saturated carbocycles. The lowest BCUT2D eigenvalue weighted by Crippen LogP contribution is -2.34. The van der Waals surface area contributed by atoms with E-state index in [0.717, 1.165) is 17.5 Å². The fourth-order valence-electron chi connectivity index (χ4n) is 2.02. The molecule has 0 bridgehead atoms. The smallest absolute Gasteiger partial charge is 0.124 e. The number of hydrogen-bond donors (Lipinski definition) is 2. The van der Waals surface area contributed by atoms with Crippen LogP contribution in [0.25, 0.3) is 0 Å². The van der Waals surface area contributed by atoms with Gasteiger partial charge in [-0.2, -0.15) is 0 Å². The Kier molecular flexibility index (Phi) is 5.53. The third-order valence-corrected chi connectivity index (χ3v) is 3.49. The Bertz CT molecular complexity index is 547. The molecule has 0 spiro atoms. The van der Waals surface area contributed by atoms with E-state index in [9.17, 15) is 9.50 Å². The standard InChI is InChI=1S/C16H17ClFNO/c17-16-9-14(18)7-6-13(16)10-19-15(11-20)8-12-4-2-1-3-5-12/h1-7,9,15,19-20H,8,10-11H2. The zero-order chi connectivity index (χ0) is 14.4. The van der Waals surface area contributed by atoms with Crippen molar-refractivity contribution in [2.24, 2.45) is 0 Å². The summed E-state index contributed by atoms with van der Waals surface area (Å²) < 4.78 is 13.0. The number of halogens is 2. The molecule has 0 aliphatic rings. The van der Waals surface area contributed by atoms with Crippen LogP contribution in [0.2, 0.25) is 5.02 Å². The Morgan fingerprint density at radius 3 is 2.55 bits per heavy atom. The third kappa shape index (κ3) is 4.30. The highest BCUT2D eigenvalue weighted by atomic mass is 35.5. The maximum Gasteiger partial charge on any atom is 0.124 e. The summed E-state index contributed by atoms with van der Waals surface area (Å²) >= 11 is 5.97. The van der Waals surface area contributed by atoms with Crippen molar-refractivity contribution in [1.82, 2.24) is 5.32 Å². The topological polar surface area (TPSA) is 32.3 Å². The van der Waals surface area contributed by atoms with Gasteiger partial charge in [-0.05, 0) is 29.7 Å². The lowest BCUT2D eigenvalue weighted by Gasteiger charge is -2.17. The molecule has 0 saturated heterocycles. The maximum atomic E-state index is 13.0. The highest BCUT2D eigenvalue weighted by Crippen LogP contribution is 2.17. The van der Waals surface area contributed by atoms with Crippen molar-refractivity contribution in [1.29, 1.82) is 0 Å². The first-order valence-corrected chi connectivity index (χ1v) is 6.89. The fourth-order valence-corrected chi connectivity index (χ4v) is 2.25. The average molecular weight is 294 g/mol. The van der Waals surface area contributed by atoms with Gasteiger partial charge in [0.2, 0.25) is 0 Å². The second-order valence-electron chi connectivity index (χ2n) is 4.69. The molecule has 2 aromatic rings. The quantitative estimate of drug-likeness (QED) is 0.857. The molecular weight excluding hydrogens is 277 g/mol. The second kappa shape index (κ2) is 7.39. The summed E-state index contributed by atoms with van der Waals surface area (Å²) in [7, 11) is 0. The van der Waals surface area contributed by atoms with Crippen LogP contribution in [0.1, 0.15) is 11.1 Å². The minimum absolute atomic E-state index is 0.0354. The molecule has 1 atom stereocenters. The lowest BCUT2D eigenvalue weighted by molar-refractivity contribution is 0.241. The van der Waals surface area contributed by atoms with Gasteiger partial charge < -0.3 is 10.4 Å². The molecular formula is C16H17ClFNO. The largest absolute Gasteiger partial charge is 0.395 e. The Hall–Kier alpha value is -1.42. The lowest BCUT2D eigenvalue weighted by atomic mass is 10.1. The summed E-state index contributed by atoms with van der Waals surface area (Å²) in [4.78, 5) is 0. The number of hydrogen-bond acceptors (Lipinski definition) is 2. The predicted octanol–water partition coefficient (Wildman–Crippen LogP) is 3.17. The van der Waals surface area contributed by atoms with Crippen LogP contribution < -0.4 is 5.32 Å². The summed E-state index contributed by atoms with van der Waals surface area (Å²) in [6, 6.07) is 14.2. The molecule has 4 heteroatoms. The molecule has 2 aromatic carbocycles. The summed E-state index contributed by atoms with van der Waals surface area (Å²) in [5.41, 5.74) is 1.98. The molecule has 20 heavy (non-hydrogen) atoms. The molecule has 0 radical (unpaired) electrons. The van der Waals surface area contributed by atoms with Crippen LogP contribution >= 0.6 is 11.6 Å². The SMILES string of the molecule is OCC(Cc1ccccc1)NCc1ccc(F)cc1Cl. The summed E-state index contributed by atoms with van der Waals surface area (Å²) in [6.45, 7) is 0.533. The van der Waals surface area contributed by atoms with Crippen LogP contribution in [0.5, 0.6) is 0 Å². The van der Waals surface area contributed by atoms with Crippen molar-refractivity contribution < 1.29 is 9.50 Å². The van der Waals surface area contributed by atoms with Crippen LogP contribution in [-0.4, -0.2) is 17.8 Å². The highest BCUT2D eigenvalue weighted by molar-refractivity contribution is 6.31. The van der Waals surface area contributed by atoms with Crippen LogP contribution in [0.4, 0.5) is 4.39 Å². The van der Waals surface area contributed by atoms with Gasteiger partial charge in [0.1, 0.15) is 5.82 Å². The van der Waals surface area contributed by atoms with E-state index in [1.54, 1.807) is 6.07 Å². The Morgan fingerprint density at radius 2 is 1.90 bits per heavy atom. The van der Waals surface area contributed by atoms with Crippen LogP contribution in [-0.2, 0) is 13.0 Å². The van der Waals surface area contributed by atoms with Crippen molar-refractivity contribution in [2.45, 2.75) is 19.0 Å². The Balaban J connectivity index is 1.93. The van der Waals surface area contributed by atoms with Gasteiger partial charge in [0, 0.05) is 17.6 Å². The third-order valence-electron chi connectivity index (χ3n) is 3.14. The van der Waals surface area contributed by atoms with E-state index in [1.807, 2.05) is 30.3 Å². The molecule has 2 nitrogen and oxygen atoms in total. The molecule has 0 fully saturated rings. The number of rotatable bonds is 6. The van der Waals surface area contributed by atoms with E-state index in [1.165, 1.54) is 12.1 Å². The highest BCUT2D eigenvalue weighted by Gasteiger charge is 2.09. The minimum atomic E-state index is -0.346. The van der Waals surface area contributed by atoms with Gasteiger partial charge in [0.15, 0.2) is 0 Å². The summed E-state index contributed by atoms with van der Waals surface area (Å²) in [5, 5.41) is 13.1. The van der Waals surface area contributed by atoms with Crippen molar-refractivity contribution in [3.8, 4) is 0 Å². The Labute approximate surface area is 123 Å². The Morgan fingerprint density at radius 1 is 1.15 bits per heavy atom. The molecule has 0 aromatic heterocycles. The number of benzene rings is 2. The molecule has 2 N–H and O–H groups in total. The van der Waals surface area contributed by atoms with Crippen LogP contribution in [0, 0.1) is 5.82 Å². The molecule has 0 heterocycles. The van der Waals surface area contributed by atoms with E-state index in [0.29, 0.717) is 11.6 Å². The van der Waals surface area contributed by atoms with Crippen LogP contribution in [0.15, 0.2) is 48.5 Å². The normalized spacial score (nSPS) is 12.3. The molecule has 0 aliphatic carbocycles. The van der Waals surface area contributed by atoms with E-state index in [2.05, 4.69) is 5.32 Å². The molecule has 0 aliphatic heterocycles. The first kappa shape index (κ1) is 15.0. The fraction of sp³-hybridized carbons (Fsp3) is 0.250. The first-order valence-electron chi connectivity index (χ1n) is 6.51. The van der Waals surface area contributed by atoms with E-state index in [-0.39, 0.29) is 18.5 Å². The van der Waals surface area contributed by atoms with Gasteiger partial charge in [0.25, 0.3) is 0 Å². The van der Waals surface area contributed by atoms with Crippen molar-refractivity contribution in [2.75, 3.05) is 6.61 Å². The van der Waals surface area contributed by atoms with Gasteiger partial charge in [-0.1, -0.05) is 48.0 Å². The molecule has 2 rings (SSSR count). The summed E-state index contributed by atoms with van der Waals surface area (Å²) in [6.07, 6.45) is 0.732. The number of aliphatic hydroxyl groups is 1. The number of nitrogens with one attached hydrogen (secondary N) is 1. The van der Waals surface area contributed by atoms with Gasteiger partial charge in [-0.25, -0.2) is 4.39 Å². The van der Waals surface area contributed by atoms with Crippen molar-refractivity contribution in [3.63, 3.8) is 0 Å². The molecule has 0 amide bonds. The van der Waals surface area contributed by atoms with Crippen molar-refractivity contribution >= 4 is 11.6 Å². The maximum absolute atomic E-state index is 13.0. The van der Waals surface area contributed by atoms with E-state index >= 15 is 0 Å². The summed E-state index contributed by atoms with van der Waals surface area (Å²) in [5.74, 6) is -0.346.